The van der Waals surface area contributed by atoms with Gasteiger partial charge < -0.3 is 14.7 Å². The number of aryl methyl sites for hydroxylation is 2. The van der Waals surface area contributed by atoms with E-state index in [0.717, 1.165) is 22.6 Å². The third-order valence-corrected chi connectivity index (χ3v) is 4.23. The second kappa shape index (κ2) is 7.82. The maximum atomic E-state index is 12.1. The minimum absolute atomic E-state index is 0.0762. The topological polar surface area (TPSA) is 88.0 Å². The first-order chi connectivity index (χ1) is 12.5. The van der Waals surface area contributed by atoms with Gasteiger partial charge in [-0.2, -0.15) is 4.98 Å². The van der Waals surface area contributed by atoms with Crippen LogP contribution in [0.4, 0.5) is 0 Å². The Kier molecular flexibility index (Phi) is 5.31. The Morgan fingerprint density at radius 1 is 1.15 bits per heavy atom. The number of nitrogens with zero attached hydrogens (tertiary/aromatic N) is 1. The fraction of sp³-hybridized carbons (Fsp3) is 0.250. The van der Waals surface area contributed by atoms with Crippen molar-refractivity contribution in [3.05, 3.63) is 75.7 Å². The summed E-state index contributed by atoms with van der Waals surface area (Å²) in [5.74, 6) is 1.41. The number of rotatable bonds is 6. The molecule has 0 spiro atoms. The highest BCUT2D eigenvalue weighted by Gasteiger charge is 2.10. The molecule has 3 rings (SSSR count). The lowest BCUT2D eigenvalue weighted by Gasteiger charge is -2.08. The number of furan rings is 1. The van der Waals surface area contributed by atoms with E-state index in [1.165, 1.54) is 0 Å². The number of carbonyl (C=O) groups excluding carboxylic acids is 1. The first kappa shape index (κ1) is 17.7. The lowest BCUT2D eigenvalue weighted by Crippen LogP contribution is -2.23. The van der Waals surface area contributed by atoms with Gasteiger partial charge in [0.25, 0.3) is 0 Å². The SMILES string of the molecule is Cc1nc(=O)[nH]c(C)c1CCC(=O)NCc1ccc(-c2ccccc2)o1. The molecule has 0 atom stereocenters. The van der Waals surface area contributed by atoms with E-state index in [1.807, 2.05) is 49.4 Å². The van der Waals surface area contributed by atoms with Crippen molar-refractivity contribution in [3.8, 4) is 11.3 Å². The molecule has 2 N–H and O–H groups in total. The van der Waals surface area contributed by atoms with Crippen molar-refractivity contribution in [2.24, 2.45) is 0 Å². The Balaban J connectivity index is 1.54. The summed E-state index contributed by atoms with van der Waals surface area (Å²) in [6, 6.07) is 13.6. The molecule has 0 aliphatic rings. The van der Waals surface area contributed by atoms with E-state index in [2.05, 4.69) is 15.3 Å². The largest absolute Gasteiger partial charge is 0.459 e. The van der Waals surface area contributed by atoms with Gasteiger partial charge in [-0.05, 0) is 38.0 Å². The van der Waals surface area contributed by atoms with Crippen molar-refractivity contribution in [2.45, 2.75) is 33.2 Å². The molecular weight excluding hydrogens is 330 g/mol. The number of hydrogen-bond donors (Lipinski definition) is 2. The molecule has 0 bridgehead atoms. The lowest BCUT2D eigenvalue weighted by molar-refractivity contribution is -0.121. The summed E-state index contributed by atoms with van der Waals surface area (Å²) in [5, 5.41) is 2.86. The van der Waals surface area contributed by atoms with Gasteiger partial charge in [0.05, 0.1) is 6.54 Å². The molecule has 6 heteroatoms. The number of amides is 1. The van der Waals surface area contributed by atoms with E-state index in [9.17, 15) is 9.59 Å². The molecule has 0 fully saturated rings. The highest BCUT2D eigenvalue weighted by atomic mass is 16.3. The highest BCUT2D eigenvalue weighted by molar-refractivity contribution is 5.76. The zero-order valence-electron chi connectivity index (χ0n) is 14.8. The lowest BCUT2D eigenvalue weighted by atomic mass is 10.1. The Morgan fingerprint density at radius 2 is 1.92 bits per heavy atom. The van der Waals surface area contributed by atoms with Gasteiger partial charge in [0.15, 0.2) is 0 Å². The molecule has 0 unspecified atom stereocenters. The normalized spacial score (nSPS) is 10.7. The third kappa shape index (κ3) is 4.27. The zero-order valence-corrected chi connectivity index (χ0v) is 14.8. The Hall–Kier alpha value is -3.15. The Bertz CT molecular complexity index is 932. The smallest absolute Gasteiger partial charge is 0.345 e. The van der Waals surface area contributed by atoms with Crippen molar-refractivity contribution in [3.63, 3.8) is 0 Å². The molecule has 0 aliphatic carbocycles. The number of nitrogens with one attached hydrogen (secondary N) is 2. The highest BCUT2D eigenvalue weighted by Crippen LogP contribution is 2.21. The van der Waals surface area contributed by atoms with Crippen LogP contribution in [0.15, 0.2) is 51.7 Å². The van der Waals surface area contributed by atoms with Crippen LogP contribution in [0.25, 0.3) is 11.3 Å². The predicted octanol–water partition coefficient (Wildman–Crippen LogP) is 2.90. The number of hydrogen-bond acceptors (Lipinski definition) is 4. The molecule has 6 nitrogen and oxygen atoms in total. The van der Waals surface area contributed by atoms with Gasteiger partial charge in [-0.3, -0.25) is 4.79 Å². The molecule has 2 aromatic heterocycles. The fourth-order valence-electron chi connectivity index (χ4n) is 2.87. The van der Waals surface area contributed by atoms with Crippen molar-refractivity contribution < 1.29 is 9.21 Å². The van der Waals surface area contributed by atoms with Crippen LogP contribution < -0.4 is 11.0 Å². The molecular formula is C20H21N3O3. The van der Waals surface area contributed by atoms with Crippen molar-refractivity contribution in [1.82, 2.24) is 15.3 Å². The monoisotopic (exact) mass is 351 g/mol. The second-order valence-electron chi connectivity index (χ2n) is 6.14. The minimum atomic E-state index is -0.361. The molecule has 26 heavy (non-hydrogen) atoms. The summed E-state index contributed by atoms with van der Waals surface area (Å²) < 4.78 is 5.77. The predicted molar refractivity (Wildman–Crippen MR) is 98.6 cm³/mol. The van der Waals surface area contributed by atoms with E-state index in [1.54, 1.807) is 6.92 Å². The number of aromatic nitrogens is 2. The molecule has 0 saturated carbocycles. The summed E-state index contributed by atoms with van der Waals surface area (Å²) in [6.07, 6.45) is 0.850. The Morgan fingerprint density at radius 3 is 2.65 bits per heavy atom. The van der Waals surface area contributed by atoms with E-state index in [0.29, 0.717) is 30.8 Å². The van der Waals surface area contributed by atoms with Gasteiger partial charge in [-0.25, -0.2) is 4.79 Å². The van der Waals surface area contributed by atoms with Gasteiger partial charge in [-0.15, -0.1) is 0 Å². The summed E-state index contributed by atoms with van der Waals surface area (Å²) in [5.41, 5.74) is 2.97. The van der Waals surface area contributed by atoms with Gasteiger partial charge in [-0.1, -0.05) is 30.3 Å². The molecule has 1 amide bonds. The first-order valence-corrected chi connectivity index (χ1v) is 8.50. The summed E-state index contributed by atoms with van der Waals surface area (Å²) in [4.78, 5) is 30.0. The molecule has 2 heterocycles. The van der Waals surface area contributed by atoms with Gasteiger partial charge in [0.1, 0.15) is 11.5 Å². The van der Waals surface area contributed by atoms with E-state index in [4.69, 9.17) is 4.42 Å². The van der Waals surface area contributed by atoms with Crippen LogP contribution in [0.3, 0.4) is 0 Å². The van der Waals surface area contributed by atoms with Crippen molar-refractivity contribution >= 4 is 5.91 Å². The molecule has 1 aromatic carbocycles. The minimum Gasteiger partial charge on any atom is -0.459 e. The van der Waals surface area contributed by atoms with Crippen LogP contribution in [0.2, 0.25) is 0 Å². The van der Waals surface area contributed by atoms with E-state index in [-0.39, 0.29) is 11.6 Å². The summed E-state index contributed by atoms with van der Waals surface area (Å²) in [6.45, 7) is 3.94. The third-order valence-electron chi connectivity index (χ3n) is 4.23. The van der Waals surface area contributed by atoms with Crippen molar-refractivity contribution in [1.29, 1.82) is 0 Å². The number of aromatic amines is 1. The molecule has 0 radical (unpaired) electrons. The van der Waals surface area contributed by atoms with Crippen LogP contribution >= 0.6 is 0 Å². The van der Waals surface area contributed by atoms with Gasteiger partial charge in [0.2, 0.25) is 5.91 Å². The summed E-state index contributed by atoms with van der Waals surface area (Å²) in [7, 11) is 0. The van der Waals surface area contributed by atoms with Gasteiger partial charge in [0, 0.05) is 23.4 Å². The molecule has 0 saturated heterocycles. The second-order valence-corrected chi connectivity index (χ2v) is 6.14. The molecule has 134 valence electrons. The van der Waals surface area contributed by atoms with E-state index >= 15 is 0 Å². The average molecular weight is 351 g/mol. The van der Waals surface area contributed by atoms with Crippen LogP contribution in [0, 0.1) is 13.8 Å². The first-order valence-electron chi connectivity index (χ1n) is 8.50. The average Bonchev–Trinajstić information content (AvgIpc) is 3.09. The maximum Gasteiger partial charge on any atom is 0.345 e. The standard InChI is InChI=1S/C20H21N3O3/c1-13-17(14(2)23-20(25)22-13)9-11-19(24)21-12-16-8-10-18(26-16)15-6-4-3-5-7-15/h3-8,10H,9,11-12H2,1-2H3,(H,21,24)(H,22,23,25). The van der Waals surface area contributed by atoms with Gasteiger partial charge >= 0.3 is 5.69 Å². The molecule has 3 aromatic rings. The Labute approximate surface area is 151 Å². The van der Waals surface area contributed by atoms with Crippen LogP contribution in [0.1, 0.15) is 29.1 Å². The number of benzene rings is 1. The maximum absolute atomic E-state index is 12.1. The summed E-state index contributed by atoms with van der Waals surface area (Å²) >= 11 is 0. The number of H-pyrrole nitrogens is 1. The molecule has 0 aliphatic heterocycles. The van der Waals surface area contributed by atoms with Crippen LogP contribution in [0.5, 0.6) is 0 Å². The van der Waals surface area contributed by atoms with Crippen LogP contribution in [-0.2, 0) is 17.8 Å². The van der Waals surface area contributed by atoms with Crippen molar-refractivity contribution in [2.75, 3.05) is 0 Å². The van der Waals surface area contributed by atoms with Crippen LogP contribution in [-0.4, -0.2) is 15.9 Å². The quantitative estimate of drug-likeness (QED) is 0.715. The van der Waals surface area contributed by atoms with E-state index < -0.39 is 0 Å². The fourth-order valence-corrected chi connectivity index (χ4v) is 2.87. The number of carbonyl (C=O) groups is 1. The zero-order chi connectivity index (χ0) is 18.5.